The van der Waals surface area contributed by atoms with Crippen molar-refractivity contribution in [3.63, 3.8) is 0 Å². The Morgan fingerprint density at radius 1 is 1.17 bits per heavy atom. The number of benzene rings is 1. The Morgan fingerprint density at radius 3 is 2.44 bits per heavy atom. The second kappa shape index (κ2) is 7.32. The Bertz CT molecular complexity index is 401. The minimum absolute atomic E-state index is 0.0331. The number of aliphatic carboxylic acids is 1. The third-order valence-corrected chi connectivity index (χ3v) is 2.51. The van der Waals surface area contributed by atoms with Crippen molar-refractivity contribution in [1.82, 2.24) is 5.32 Å². The molecule has 0 unspecified atom stereocenters. The summed E-state index contributed by atoms with van der Waals surface area (Å²) >= 11 is 0. The zero-order valence-corrected chi connectivity index (χ0v) is 10.2. The van der Waals surface area contributed by atoms with Gasteiger partial charge >= 0.3 is 5.97 Å². The highest BCUT2D eigenvalue weighted by Crippen LogP contribution is 2.05. The zero-order chi connectivity index (χ0) is 13.4. The molecule has 18 heavy (non-hydrogen) atoms. The molecule has 0 bridgehead atoms. The van der Waals surface area contributed by atoms with Crippen molar-refractivity contribution in [2.24, 2.45) is 0 Å². The second-order valence-electron chi connectivity index (χ2n) is 4.09. The number of hydrogen-bond acceptors (Lipinski definition) is 3. The smallest absolute Gasteiger partial charge is 0.303 e. The number of carboxylic acids is 1. The van der Waals surface area contributed by atoms with Gasteiger partial charge in [0.15, 0.2) is 0 Å². The maximum absolute atomic E-state index is 11.3. The lowest BCUT2D eigenvalue weighted by Crippen LogP contribution is -2.25. The Morgan fingerprint density at radius 2 is 1.83 bits per heavy atom. The van der Waals surface area contributed by atoms with E-state index in [-0.39, 0.29) is 18.7 Å². The molecule has 0 saturated carbocycles. The molecule has 5 heteroatoms. The fraction of sp³-hybridized carbons (Fsp3) is 0.385. The van der Waals surface area contributed by atoms with E-state index in [0.717, 1.165) is 17.7 Å². The summed E-state index contributed by atoms with van der Waals surface area (Å²) in [5.74, 6) is -0.976. The predicted octanol–water partition coefficient (Wildman–Crippen LogP) is 1.18. The van der Waals surface area contributed by atoms with E-state index >= 15 is 0 Å². The summed E-state index contributed by atoms with van der Waals surface area (Å²) in [6, 6.07) is 7.49. The molecule has 98 valence electrons. The molecule has 0 aliphatic rings. The first-order valence-corrected chi connectivity index (χ1v) is 5.91. The minimum Gasteiger partial charge on any atom is -0.481 e. The van der Waals surface area contributed by atoms with Gasteiger partial charge in [-0.15, -0.1) is 0 Å². The quantitative estimate of drug-likeness (QED) is 0.634. The zero-order valence-electron chi connectivity index (χ0n) is 10.2. The molecule has 0 aliphatic carbocycles. The Balaban J connectivity index is 2.15. The number of carbonyl (C=O) groups is 2. The van der Waals surface area contributed by atoms with E-state index in [0.29, 0.717) is 13.0 Å². The van der Waals surface area contributed by atoms with Gasteiger partial charge in [-0.2, -0.15) is 0 Å². The lowest BCUT2D eigenvalue weighted by molar-refractivity contribution is -0.137. The van der Waals surface area contributed by atoms with Crippen LogP contribution in [0.4, 0.5) is 5.69 Å². The number of carbonyl (C=O) groups excluding carboxylic acids is 1. The molecular formula is C13H18N2O3. The van der Waals surface area contributed by atoms with E-state index in [1.807, 2.05) is 24.3 Å². The normalized spacial score (nSPS) is 10.0. The third kappa shape index (κ3) is 5.89. The average Bonchev–Trinajstić information content (AvgIpc) is 2.31. The fourth-order valence-corrected chi connectivity index (χ4v) is 1.52. The molecule has 1 aromatic rings. The highest BCUT2D eigenvalue weighted by molar-refractivity contribution is 5.76. The first-order chi connectivity index (χ1) is 8.58. The molecule has 0 fully saturated rings. The second-order valence-corrected chi connectivity index (χ2v) is 4.09. The Hall–Kier alpha value is -2.04. The van der Waals surface area contributed by atoms with E-state index in [1.165, 1.54) is 0 Å². The Kier molecular flexibility index (Phi) is 5.70. The van der Waals surface area contributed by atoms with Gasteiger partial charge < -0.3 is 16.2 Å². The highest BCUT2D eigenvalue weighted by atomic mass is 16.4. The summed E-state index contributed by atoms with van der Waals surface area (Å²) in [4.78, 5) is 21.6. The molecule has 5 nitrogen and oxygen atoms in total. The molecule has 0 atom stereocenters. The SMILES string of the molecule is Nc1ccc(CCNC(=O)CCCC(=O)O)cc1. The molecule has 1 rings (SSSR count). The molecule has 1 aromatic carbocycles. The monoisotopic (exact) mass is 250 g/mol. The molecule has 0 aliphatic heterocycles. The van der Waals surface area contributed by atoms with E-state index in [2.05, 4.69) is 5.32 Å². The number of amides is 1. The van der Waals surface area contributed by atoms with Crippen LogP contribution in [0.5, 0.6) is 0 Å². The van der Waals surface area contributed by atoms with Crippen LogP contribution in [0.25, 0.3) is 0 Å². The lowest BCUT2D eigenvalue weighted by atomic mass is 10.1. The summed E-state index contributed by atoms with van der Waals surface area (Å²) in [5, 5.41) is 11.2. The number of anilines is 1. The van der Waals surface area contributed by atoms with Gasteiger partial charge in [0.05, 0.1) is 0 Å². The number of carboxylic acid groups (broad SMARTS) is 1. The molecule has 0 radical (unpaired) electrons. The van der Waals surface area contributed by atoms with Gasteiger partial charge in [0.25, 0.3) is 0 Å². The molecule has 0 spiro atoms. The van der Waals surface area contributed by atoms with Crippen LogP contribution in [0, 0.1) is 0 Å². The standard InChI is InChI=1S/C13H18N2O3/c14-11-6-4-10(5-7-11)8-9-15-12(16)2-1-3-13(17)18/h4-7H,1-3,8-9,14H2,(H,15,16)(H,17,18). The summed E-state index contributed by atoms with van der Waals surface area (Å²) in [6.45, 7) is 0.551. The van der Waals surface area contributed by atoms with Gasteiger partial charge in [0.1, 0.15) is 0 Å². The van der Waals surface area contributed by atoms with Gasteiger partial charge in [-0.25, -0.2) is 0 Å². The van der Waals surface area contributed by atoms with Crippen molar-refractivity contribution in [1.29, 1.82) is 0 Å². The number of nitrogens with two attached hydrogens (primary N) is 1. The van der Waals surface area contributed by atoms with Crippen LogP contribution in [-0.4, -0.2) is 23.5 Å². The first kappa shape index (κ1) is 14.0. The lowest BCUT2D eigenvalue weighted by Gasteiger charge is -2.05. The summed E-state index contributed by atoms with van der Waals surface area (Å²) < 4.78 is 0. The van der Waals surface area contributed by atoms with Crippen molar-refractivity contribution in [2.75, 3.05) is 12.3 Å². The van der Waals surface area contributed by atoms with E-state index in [1.54, 1.807) is 0 Å². The van der Waals surface area contributed by atoms with Crippen LogP contribution in [-0.2, 0) is 16.0 Å². The van der Waals surface area contributed by atoms with E-state index in [4.69, 9.17) is 10.8 Å². The fourth-order valence-electron chi connectivity index (χ4n) is 1.52. The van der Waals surface area contributed by atoms with E-state index in [9.17, 15) is 9.59 Å². The van der Waals surface area contributed by atoms with E-state index < -0.39 is 5.97 Å². The summed E-state index contributed by atoms with van der Waals surface area (Å²) in [7, 11) is 0. The molecule has 1 amide bonds. The van der Waals surface area contributed by atoms with Crippen molar-refractivity contribution < 1.29 is 14.7 Å². The first-order valence-electron chi connectivity index (χ1n) is 5.91. The molecular weight excluding hydrogens is 232 g/mol. The van der Waals surface area contributed by atoms with Crippen molar-refractivity contribution >= 4 is 17.6 Å². The van der Waals surface area contributed by atoms with Gasteiger partial charge in [0.2, 0.25) is 5.91 Å². The van der Waals surface area contributed by atoms with Gasteiger partial charge in [-0.3, -0.25) is 9.59 Å². The van der Waals surface area contributed by atoms with Crippen molar-refractivity contribution in [3.8, 4) is 0 Å². The molecule has 0 heterocycles. The number of hydrogen-bond donors (Lipinski definition) is 3. The molecule has 0 saturated heterocycles. The average molecular weight is 250 g/mol. The minimum atomic E-state index is -0.871. The van der Waals surface area contributed by atoms with Crippen molar-refractivity contribution in [3.05, 3.63) is 29.8 Å². The van der Waals surface area contributed by atoms with Gasteiger partial charge in [0, 0.05) is 25.1 Å². The predicted molar refractivity (Wildman–Crippen MR) is 69.1 cm³/mol. The summed E-state index contributed by atoms with van der Waals surface area (Å²) in [6.07, 6.45) is 1.41. The van der Waals surface area contributed by atoms with Crippen LogP contribution >= 0.6 is 0 Å². The Labute approximate surface area is 106 Å². The third-order valence-electron chi connectivity index (χ3n) is 2.51. The van der Waals surface area contributed by atoms with Gasteiger partial charge in [-0.1, -0.05) is 12.1 Å². The summed E-state index contributed by atoms with van der Waals surface area (Å²) in [5.41, 5.74) is 7.39. The maximum atomic E-state index is 11.3. The molecule has 4 N–H and O–H groups in total. The van der Waals surface area contributed by atoms with Crippen LogP contribution in [0.15, 0.2) is 24.3 Å². The van der Waals surface area contributed by atoms with Gasteiger partial charge in [-0.05, 0) is 30.5 Å². The van der Waals surface area contributed by atoms with Crippen LogP contribution in [0.1, 0.15) is 24.8 Å². The molecule has 0 aromatic heterocycles. The van der Waals surface area contributed by atoms with Crippen LogP contribution in [0.3, 0.4) is 0 Å². The number of nitrogen functional groups attached to an aromatic ring is 1. The largest absolute Gasteiger partial charge is 0.481 e. The number of rotatable bonds is 7. The van der Waals surface area contributed by atoms with Crippen LogP contribution < -0.4 is 11.1 Å². The van der Waals surface area contributed by atoms with Crippen molar-refractivity contribution in [2.45, 2.75) is 25.7 Å². The maximum Gasteiger partial charge on any atom is 0.303 e. The number of nitrogens with one attached hydrogen (secondary N) is 1. The highest BCUT2D eigenvalue weighted by Gasteiger charge is 2.03. The van der Waals surface area contributed by atoms with Crippen LogP contribution in [0.2, 0.25) is 0 Å². The topological polar surface area (TPSA) is 92.4 Å².